The van der Waals surface area contributed by atoms with Crippen molar-refractivity contribution in [2.24, 2.45) is 0 Å². The zero-order valence-corrected chi connectivity index (χ0v) is 16.2. The summed E-state index contributed by atoms with van der Waals surface area (Å²) in [6, 6.07) is 0. The molecule has 1 aliphatic heterocycles. The van der Waals surface area contributed by atoms with Crippen LogP contribution in [0.1, 0.15) is 0 Å². The summed E-state index contributed by atoms with van der Waals surface area (Å²) in [4.78, 5) is 0. The number of rotatable bonds is 0. The molecule has 1 aliphatic rings. The van der Waals surface area contributed by atoms with Gasteiger partial charge in [-0.1, -0.05) is 0 Å². The Morgan fingerprint density at radius 1 is 0.400 bits per heavy atom. The van der Waals surface area contributed by atoms with E-state index in [1.54, 1.807) is 0 Å². The SMILES string of the molecule is C1COCCOCCOCCO1.[C-]#[O+].[C-]#[O+].[C-]#[O+].[C-]#[O+].[C-]#[O+].[CH3+].[CH3-].[Mo]. The predicted molar refractivity (Wildman–Crippen MR) is 75.8 cm³/mol. The molecule has 0 spiro atoms. The van der Waals surface area contributed by atoms with Gasteiger partial charge in [0.1, 0.15) is 0 Å². The summed E-state index contributed by atoms with van der Waals surface area (Å²) < 4.78 is 58.4. The van der Waals surface area contributed by atoms with E-state index in [1.807, 2.05) is 0 Å². The fraction of sp³-hybridized carbons (Fsp3) is 0.533. The van der Waals surface area contributed by atoms with Crippen LogP contribution in [0, 0.1) is 48.1 Å². The maximum Gasteiger partial charge on any atom is 0.0467 e. The quantitative estimate of drug-likeness (QED) is 0.311. The van der Waals surface area contributed by atoms with Crippen LogP contribution in [-0.4, -0.2) is 52.9 Å². The van der Waals surface area contributed by atoms with Crippen LogP contribution >= 0.6 is 0 Å². The minimum Gasteiger partial charge on any atom is -0.358 e. The molecule has 1 saturated heterocycles. The van der Waals surface area contributed by atoms with Crippen LogP contribution < -0.4 is 0 Å². The summed E-state index contributed by atoms with van der Waals surface area (Å²) in [5.41, 5.74) is 0. The molecule has 1 fully saturated rings. The average Bonchev–Trinajstić information content (AvgIpc) is 2.64. The summed E-state index contributed by atoms with van der Waals surface area (Å²) in [6.07, 6.45) is 0. The van der Waals surface area contributed by atoms with Crippen molar-refractivity contribution >= 4 is 0 Å². The molecule has 0 radical (unpaired) electrons. The molecule has 1 heterocycles. The Morgan fingerprint density at radius 2 is 0.480 bits per heavy atom. The van der Waals surface area contributed by atoms with Gasteiger partial charge in [0.2, 0.25) is 0 Å². The second-order valence-corrected chi connectivity index (χ2v) is 2.45. The first kappa shape index (κ1) is 49.6. The monoisotopic (exact) mass is 444 g/mol. The van der Waals surface area contributed by atoms with Gasteiger partial charge < -0.3 is 26.4 Å². The average molecular weight is 442 g/mol. The van der Waals surface area contributed by atoms with Gasteiger partial charge in [-0.25, -0.2) is 0 Å². The van der Waals surface area contributed by atoms with Crippen molar-refractivity contribution in [3.63, 3.8) is 0 Å². The van der Waals surface area contributed by atoms with Crippen LogP contribution in [0.4, 0.5) is 0 Å². The molecule has 25 heavy (non-hydrogen) atoms. The molecular weight excluding hydrogens is 420 g/mol. The Morgan fingerprint density at radius 3 is 0.560 bits per heavy atom. The van der Waals surface area contributed by atoms with Crippen LogP contribution in [0.2, 0.25) is 0 Å². The second-order valence-electron chi connectivity index (χ2n) is 2.45. The molecule has 0 atom stereocenters. The van der Waals surface area contributed by atoms with E-state index >= 15 is 0 Å². The zero-order valence-electron chi connectivity index (χ0n) is 14.2. The van der Waals surface area contributed by atoms with Gasteiger partial charge in [0.25, 0.3) is 0 Å². The molecule has 0 aromatic heterocycles. The van der Waals surface area contributed by atoms with Gasteiger partial charge >= 0.3 is 56.5 Å². The van der Waals surface area contributed by atoms with Gasteiger partial charge in [0.15, 0.2) is 0 Å². The van der Waals surface area contributed by atoms with Crippen molar-refractivity contribution in [3.8, 4) is 0 Å². The first-order valence-electron chi connectivity index (χ1n) is 5.33. The van der Waals surface area contributed by atoms with E-state index in [2.05, 4.69) is 33.3 Å². The van der Waals surface area contributed by atoms with E-state index in [-0.39, 0.29) is 35.9 Å². The van der Waals surface area contributed by atoms with Crippen molar-refractivity contribution in [1.82, 2.24) is 0 Å². The normalized spacial score (nSPS) is 11.9. The van der Waals surface area contributed by atoms with E-state index in [1.165, 1.54) is 0 Å². The molecule has 0 bridgehead atoms. The van der Waals surface area contributed by atoms with Crippen molar-refractivity contribution < 1.29 is 63.3 Å². The third-order valence-corrected chi connectivity index (χ3v) is 1.49. The third kappa shape index (κ3) is 83.5. The molecule has 0 saturated carbocycles. The first-order chi connectivity index (χ1) is 11.0. The van der Waals surface area contributed by atoms with E-state index < -0.39 is 0 Å². The molecule has 142 valence electrons. The molecule has 1 rings (SSSR count). The minimum atomic E-state index is 0. The Bertz CT molecular complexity index is 184. The molecule has 0 unspecified atom stereocenters. The van der Waals surface area contributed by atoms with E-state index in [0.29, 0.717) is 52.9 Å². The Balaban J connectivity index is -0.0000000323. The van der Waals surface area contributed by atoms with Gasteiger partial charge in [-0.05, 0) is 0 Å². The fourth-order valence-electron chi connectivity index (χ4n) is 0.880. The van der Waals surface area contributed by atoms with E-state index in [0.717, 1.165) is 0 Å². The maximum absolute atomic E-state index is 7.50. The summed E-state index contributed by atoms with van der Waals surface area (Å²) in [7, 11) is 0. The fourth-order valence-corrected chi connectivity index (χ4v) is 0.880. The standard InChI is InChI=1S/C8H16O4.5CO.2CH3.Mo/c1-2-10-5-6-12-8-7-11-4-3-9-1;5*1-2;;;/h1-8H2;;;;;;2*1H3;/q;;;;;;-1;+1;. The molecule has 0 aliphatic carbocycles. The van der Waals surface area contributed by atoms with Crippen molar-refractivity contribution in [2.45, 2.75) is 0 Å². The van der Waals surface area contributed by atoms with Crippen molar-refractivity contribution in [3.05, 3.63) is 48.1 Å². The maximum atomic E-state index is 7.50. The summed E-state index contributed by atoms with van der Waals surface area (Å²) in [5, 5.41) is 0. The van der Waals surface area contributed by atoms with Crippen LogP contribution in [0.5, 0.6) is 0 Å². The number of ether oxygens (including phenoxy) is 4. The molecule has 9 nitrogen and oxygen atoms in total. The van der Waals surface area contributed by atoms with Crippen LogP contribution in [0.15, 0.2) is 0 Å². The Labute approximate surface area is 164 Å². The van der Waals surface area contributed by atoms with Crippen LogP contribution in [-0.2, 0) is 63.3 Å². The van der Waals surface area contributed by atoms with Crippen LogP contribution in [0.25, 0.3) is 0 Å². The summed E-state index contributed by atoms with van der Waals surface area (Å²) in [5.74, 6) is 0. The van der Waals surface area contributed by atoms with Crippen LogP contribution in [0.3, 0.4) is 0 Å². The Hall–Kier alpha value is -0.902. The second kappa shape index (κ2) is 91.6. The molecular formula is C15H22MoO9. The van der Waals surface area contributed by atoms with Gasteiger partial charge in [0.05, 0.1) is 52.9 Å². The number of hydrogen-bond donors (Lipinski definition) is 0. The predicted octanol–water partition coefficient (Wildman–Crippen LogP) is 0.777. The largest absolute Gasteiger partial charge is 0.358 e. The van der Waals surface area contributed by atoms with Crippen molar-refractivity contribution in [1.29, 1.82) is 0 Å². The third-order valence-electron chi connectivity index (χ3n) is 1.49. The van der Waals surface area contributed by atoms with Gasteiger partial charge in [0, 0.05) is 28.5 Å². The molecule has 0 aromatic rings. The summed E-state index contributed by atoms with van der Waals surface area (Å²) >= 11 is 0. The smallest absolute Gasteiger partial charge is 0.0467 e. The van der Waals surface area contributed by atoms with Crippen molar-refractivity contribution in [2.75, 3.05) is 52.9 Å². The Kier molecular flexibility index (Phi) is 182. The van der Waals surface area contributed by atoms with E-state index in [9.17, 15) is 0 Å². The minimum absolute atomic E-state index is 0. The topological polar surface area (TPSA) is 136 Å². The van der Waals surface area contributed by atoms with Gasteiger partial charge in [-0.2, -0.15) is 0 Å². The first-order valence-corrected chi connectivity index (χ1v) is 5.33. The molecule has 0 aromatic carbocycles. The van der Waals surface area contributed by atoms with Gasteiger partial charge in [-0.3, -0.25) is 0 Å². The zero-order chi connectivity index (χ0) is 18.5. The number of hydrogen-bond acceptors (Lipinski definition) is 4. The molecule has 10 heteroatoms. The van der Waals surface area contributed by atoms with E-state index in [4.69, 9.17) is 42.2 Å². The molecule has 0 amide bonds. The summed E-state index contributed by atoms with van der Waals surface area (Å²) in [6.45, 7) is 27.6. The molecule has 0 N–H and O–H groups in total. The van der Waals surface area contributed by atoms with Gasteiger partial charge in [-0.15, -0.1) is 0 Å².